The fourth-order valence-corrected chi connectivity index (χ4v) is 0.958. The first kappa shape index (κ1) is 11.2. The summed E-state index contributed by atoms with van der Waals surface area (Å²) in [5, 5.41) is 9.05. The van der Waals surface area contributed by atoms with Crippen LogP contribution in [0.3, 0.4) is 0 Å². The summed E-state index contributed by atoms with van der Waals surface area (Å²) in [4.78, 5) is 14.4. The Morgan fingerprint density at radius 3 is 2.73 bits per heavy atom. The Balaban J connectivity index is 3.34. The van der Waals surface area contributed by atoms with E-state index < -0.39 is 35.2 Å². The summed E-state index contributed by atoms with van der Waals surface area (Å²) in [7, 11) is 1.03. The van der Waals surface area contributed by atoms with Crippen LogP contribution in [0.4, 0.5) is 14.6 Å². The van der Waals surface area contributed by atoms with E-state index in [4.69, 9.17) is 10.8 Å². The number of hydrogen-bond donors (Lipinski definition) is 2. The van der Waals surface area contributed by atoms with E-state index in [1.54, 1.807) is 0 Å². The third-order valence-electron chi connectivity index (χ3n) is 1.67. The Labute approximate surface area is 83.5 Å². The van der Waals surface area contributed by atoms with Crippen molar-refractivity contribution in [2.24, 2.45) is 0 Å². The molecule has 82 valence electrons. The van der Waals surface area contributed by atoms with E-state index in [9.17, 15) is 13.6 Å². The number of carbonyl (C=O) groups is 1. The van der Waals surface area contributed by atoms with Gasteiger partial charge in [0.25, 0.3) is 6.43 Å². The smallest absolute Gasteiger partial charge is 0.357 e. The number of aromatic hydroxyl groups is 1. The molecule has 0 aliphatic rings. The van der Waals surface area contributed by atoms with Crippen molar-refractivity contribution >= 4 is 11.8 Å². The van der Waals surface area contributed by atoms with Gasteiger partial charge < -0.3 is 15.6 Å². The van der Waals surface area contributed by atoms with Crippen LogP contribution < -0.4 is 5.73 Å². The lowest BCUT2D eigenvalue weighted by Gasteiger charge is -2.08. The zero-order chi connectivity index (χ0) is 11.6. The lowest BCUT2D eigenvalue weighted by Crippen LogP contribution is -2.10. The number of esters is 1. The lowest BCUT2D eigenvalue weighted by molar-refractivity contribution is 0.0581. The van der Waals surface area contributed by atoms with Crippen molar-refractivity contribution in [3.63, 3.8) is 0 Å². The molecule has 0 atom stereocenters. The Kier molecular flexibility index (Phi) is 3.03. The average molecular weight is 218 g/mol. The van der Waals surface area contributed by atoms with Gasteiger partial charge in [0.1, 0.15) is 0 Å². The minimum Gasteiger partial charge on any atom is -0.504 e. The van der Waals surface area contributed by atoms with Crippen molar-refractivity contribution in [3.05, 3.63) is 17.3 Å². The van der Waals surface area contributed by atoms with Crippen molar-refractivity contribution < 1.29 is 23.4 Å². The number of nitrogens with zero attached hydrogens (tertiary/aromatic N) is 1. The predicted molar refractivity (Wildman–Crippen MR) is 46.6 cm³/mol. The van der Waals surface area contributed by atoms with Gasteiger partial charge in [-0.15, -0.1) is 0 Å². The fraction of sp³-hybridized carbons (Fsp3) is 0.250. The fourth-order valence-electron chi connectivity index (χ4n) is 0.958. The molecule has 1 heterocycles. The third kappa shape index (κ3) is 2.12. The molecule has 0 aromatic carbocycles. The number of nitrogen functional groups attached to an aromatic ring is 1. The van der Waals surface area contributed by atoms with Crippen LogP contribution in [0.2, 0.25) is 0 Å². The largest absolute Gasteiger partial charge is 0.504 e. The molecule has 15 heavy (non-hydrogen) atoms. The highest BCUT2D eigenvalue weighted by Crippen LogP contribution is 2.28. The summed E-state index contributed by atoms with van der Waals surface area (Å²) in [6, 6.07) is 0.694. The number of pyridine rings is 1. The van der Waals surface area contributed by atoms with Gasteiger partial charge in [-0.2, -0.15) is 0 Å². The molecular formula is C8H8F2N2O3. The van der Waals surface area contributed by atoms with E-state index in [2.05, 4.69) is 9.72 Å². The van der Waals surface area contributed by atoms with Gasteiger partial charge in [-0.3, -0.25) is 0 Å². The minimum atomic E-state index is -2.95. The van der Waals surface area contributed by atoms with Gasteiger partial charge in [0, 0.05) is 0 Å². The average Bonchev–Trinajstić information content (AvgIpc) is 2.20. The molecule has 0 fully saturated rings. The first-order valence-electron chi connectivity index (χ1n) is 3.83. The van der Waals surface area contributed by atoms with Crippen molar-refractivity contribution in [2.45, 2.75) is 6.43 Å². The van der Waals surface area contributed by atoms with Gasteiger partial charge >= 0.3 is 5.97 Å². The summed E-state index contributed by atoms with van der Waals surface area (Å²) in [6.07, 6.45) is -2.95. The number of halogens is 2. The number of methoxy groups -OCH3 is 1. The van der Waals surface area contributed by atoms with Crippen molar-refractivity contribution in [1.29, 1.82) is 0 Å². The number of ether oxygens (including phenoxy) is 1. The van der Waals surface area contributed by atoms with E-state index in [0.717, 1.165) is 7.11 Å². The summed E-state index contributed by atoms with van der Waals surface area (Å²) in [5.41, 5.74) is 3.86. The molecule has 0 aliphatic carbocycles. The summed E-state index contributed by atoms with van der Waals surface area (Å²) >= 11 is 0. The molecule has 1 aromatic heterocycles. The Hall–Kier alpha value is -1.92. The normalized spacial score (nSPS) is 10.4. The monoisotopic (exact) mass is 218 g/mol. The highest BCUT2D eigenvalue weighted by Gasteiger charge is 2.22. The standard InChI is InChI=1S/C8H8F2N2O3/c1-15-8(14)5-3(6(9)10)2-4(13)7(11)12-5/h2,6,13H,1H3,(H2,11,12). The number of nitrogens with two attached hydrogens (primary N) is 1. The van der Waals surface area contributed by atoms with E-state index >= 15 is 0 Å². The Morgan fingerprint density at radius 1 is 1.67 bits per heavy atom. The van der Waals surface area contributed by atoms with E-state index in [1.165, 1.54) is 0 Å². The molecule has 0 saturated heterocycles. The Morgan fingerprint density at radius 2 is 2.27 bits per heavy atom. The lowest BCUT2D eigenvalue weighted by atomic mass is 10.2. The molecule has 0 unspecified atom stereocenters. The summed E-state index contributed by atoms with van der Waals surface area (Å²) < 4.78 is 29.1. The number of alkyl halides is 2. The topological polar surface area (TPSA) is 85.4 Å². The number of hydrogen-bond acceptors (Lipinski definition) is 5. The molecule has 0 amide bonds. The molecule has 5 nitrogen and oxygen atoms in total. The number of aromatic nitrogens is 1. The third-order valence-corrected chi connectivity index (χ3v) is 1.67. The van der Waals surface area contributed by atoms with Crippen LogP contribution in [-0.2, 0) is 4.74 Å². The molecule has 3 N–H and O–H groups in total. The minimum absolute atomic E-state index is 0.403. The van der Waals surface area contributed by atoms with E-state index in [-0.39, 0.29) is 0 Å². The van der Waals surface area contributed by atoms with Gasteiger partial charge in [0.2, 0.25) is 0 Å². The van der Waals surface area contributed by atoms with Crippen molar-refractivity contribution in [1.82, 2.24) is 4.98 Å². The molecule has 1 rings (SSSR count). The molecule has 0 saturated carbocycles. The van der Waals surface area contributed by atoms with Crippen LogP contribution in [0.1, 0.15) is 22.5 Å². The quantitative estimate of drug-likeness (QED) is 0.726. The van der Waals surface area contributed by atoms with Gasteiger partial charge in [0.05, 0.1) is 12.7 Å². The maximum absolute atomic E-state index is 12.4. The van der Waals surface area contributed by atoms with Gasteiger partial charge in [-0.25, -0.2) is 18.6 Å². The summed E-state index contributed by atoms with van der Waals surface area (Å²) in [6.45, 7) is 0. The van der Waals surface area contributed by atoms with Crippen molar-refractivity contribution in [3.8, 4) is 5.75 Å². The van der Waals surface area contributed by atoms with Crippen LogP contribution in [0, 0.1) is 0 Å². The summed E-state index contributed by atoms with van der Waals surface area (Å²) in [5.74, 6) is -2.03. The van der Waals surface area contributed by atoms with Crippen LogP contribution >= 0.6 is 0 Å². The van der Waals surface area contributed by atoms with E-state index in [0.29, 0.717) is 6.07 Å². The first-order chi connectivity index (χ1) is 6.97. The maximum atomic E-state index is 12.4. The zero-order valence-corrected chi connectivity index (χ0v) is 7.70. The van der Waals surface area contributed by atoms with Crippen LogP contribution in [-0.4, -0.2) is 23.2 Å². The Bertz CT molecular complexity index is 396. The van der Waals surface area contributed by atoms with Crippen LogP contribution in [0.15, 0.2) is 6.07 Å². The number of rotatable bonds is 2. The molecule has 1 aromatic rings. The van der Waals surface area contributed by atoms with Gasteiger partial charge in [-0.1, -0.05) is 0 Å². The van der Waals surface area contributed by atoms with Crippen LogP contribution in [0.25, 0.3) is 0 Å². The molecule has 0 spiro atoms. The molecule has 0 radical (unpaired) electrons. The maximum Gasteiger partial charge on any atom is 0.357 e. The number of carbonyl (C=O) groups excluding carboxylic acids is 1. The second-order valence-electron chi connectivity index (χ2n) is 2.62. The second-order valence-corrected chi connectivity index (χ2v) is 2.62. The molecule has 7 heteroatoms. The molecule has 0 aliphatic heterocycles. The second kappa shape index (κ2) is 4.07. The highest BCUT2D eigenvalue weighted by molar-refractivity contribution is 5.89. The number of anilines is 1. The van der Waals surface area contributed by atoms with Crippen LogP contribution in [0.5, 0.6) is 5.75 Å². The van der Waals surface area contributed by atoms with Gasteiger partial charge in [0.15, 0.2) is 17.3 Å². The van der Waals surface area contributed by atoms with E-state index in [1.807, 2.05) is 0 Å². The predicted octanol–water partition coefficient (Wildman–Crippen LogP) is 1.09. The van der Waals surface area contributed by atoms with Gasteiger partial charge in [-0.05, 0) is 6.07 Å². The molecular weight excluding hydrogens is 210 g/mol. The first-order valence-corrected chi connectivity index (χ1v) is 3.83. The zero-order valence-electron chi connectivity index (χ0n) is 7.70. The highest BCUT2D eigenvalue weighted by atomic mass is 19.3. The SMILES string of the molecule is COC(=O)c1nc(N)c(O)cc1C(F)F. The molecule has 0 bridgehead atoms. The van der Waals surface area contributed by atoms with Crippen molar-refractivity contribution in [2.75, 3.05) is 12.8 Å².